The number of thiophene rings is 1. The van der Waals surface area contributed by atoms with Gasteiger partial charge in [-0.05, 0) is 49.9 Å². The van der Waals surface area contributed by atoms with Gasteiger partial charge >= 0.3 is 0 Å². The van der Waals surface area contributed by atoms with Gasteiger partial charge in [-0.3, -0.25) is 4.79 Å². The Bertz CT molecular complexity index is 1350. The summed E-state index contributed by atoms with van der Waals surface area (Å²) < 4.78 is 33.6. The summed E-state index contributed by atoms with van der Waals surface area (Å²) >= 11 is 1.12. The van der Waals surface area contributed by atoms with E-state index in [1.54, 1.807) is 35.7 Å². The van der Waals surface area contributed by atoms with Gasteiger partial charge in [0.2, 0.25) is 17.6 Å². The van der Waals surface area contributed by atoms with E-state index in [2.05, 4.69) is 15.5 Å². The highest BCUT2D eigenvalue weighted by atomic mass is 32.2. The minimum Gasteiger partial charge on any atom is -0.339 e. The van der Waals surface area contributed by atoms with Gasteiger partial charge in [0.15, 0.2) is 0 Å². The monoisotopic (exact) mass is 497 g/mol. The number of anilines is 1. The molecule has 1 saturated heterocycles. The molecule has 1 aliphatic carbocycles. The summed E-state index contributed by atoms with van der Waals surface area (Å²) in [6.07, 6.45) is 4.42. The summed E-state index contributed by atoms with van der Waals surface area (Å²) in [5.74, 6) is 0.590. The molecule has 1 N–H and O–H groups in total. The van der Waals surface area contributed by atoms with Crippen LogP contribution in [-0.4, -0.2) is 41.9 Å². The lowest BCUT2D eigenvalue weighted by atomic mass is 9.85. The van der Waals surface area contributed by atoms with Crippen LogP contribution in [0.25, 0.3) is 11.4 Å². The summed E-state index contributed by atoms with van der Waals surface area (Å²) in [5, 5.41) is 17.6. The Morgan fingerprint density at radius 2 is 2.09 bits per heavy atom. The molecule has 5 rings (SSSR count). The molecular formula is C23H23N5O4S2. The number of amides is 1. The molecule has 2 aromatic heterocycles. The predicted octanol–water partition coefficient (Wildman–Crippen LogP) is 3.98. The maximum Gasteiger partial charge on any atom is 0.252 e. The van der Waals surface area contributed by atoms with E-state index in [0.29, 0.717) is 53.8 Å². The first-order valence-corrected chi connectivity index (χ1v) is 13.5. The van der Waals surface area contributed by atoms with E-state index < -0.39 is 15.9 Å². The van der Waals surface area contributed by atoms with Crippen molar-refractivity contribution in [1.29, 1.82) is 5.26 Å². The molecule has 3 aromatic rings. The molecule has 176 valence electrons. The smallest absolute Gasteiger partial charge is 0.252 e. The van der Waals surface area contributed by atoms with Gasteiger partial charge in [0.25, 0.3) is 10.0 Å². The number of piperidine rings is 1. The first kappa shape index (κ1) is 22.7. The molecule has 1 atom stereocenters. The minimum atomic E-state index is -3.76. The van der Waals surface area contributed by atoms with E-state index in [4.69, 9.17) is 9.78 Å². The van der Waals surface area contributed by atoms with Crippen molar-refractivity contribution in [2.45, 2.75) is 42.2 Å². The first-order valence-electron chi connectivity index (χ1n) is 11.2. The fourth-order valence-corrected chi connectivity index (χ4v) is 6.99. The van der Waals surface area contributed by atoms with E-state index in [0.717, 1.165) is 30.6 Å². The number of nitrogens with zero attached hydrogens (tertiary/aromatic N) is 4. The fourth-order valence-electron chi connectivity index (χ4n) is 4.16. The third kappa shape index (κ3) is 4.49. The van der Waals surface area contributed by atoms with Crippen molar-refractivity contribution in [2.75, 3.05) is 18.4 Å². The topological polar surface area (TPSA) is 129 Å². The molecular weight excluding hydrogens is 474 g/mol. The highest BCUT2D eigenvalue weighted by Crippen LogP contribution is 2.37. The molecule has 3 heterocycles. The zero-order valence-electron chi connectivity index (χ0n) is 18.3. The number of benzene rings is 1. The normalized spacial score (nSPS) is 19.3. The van der Waals surface area contributed by atoms with Crippen LogP contribution in [0.3, 0.4) is 0 Å². The second-order valence-electron chi connectivity index (χ2n) is 8.62. The third-order valence-corrected chi connectivity index (χ3v) is 9.62. The Kier molecular flexibility index (Phi) is 6.20. The van der Waals surface area contributed by atoms with Crippen molar-refractivity contribution < 1.29 is 17.7 Å². The maximum absolute atomic E-state index is 13.3. The number of aromatic nitrogens is 2. The highest BCUT2D eigenvalue weighted by Gasteiger charge is 2.34. The number of carbonyl (C=O) groups excluding carboxylic acids is 1. The van der Waals surface area contributed by atoms with Gasteiger partial charge in [-0.1, -0.05) is 17.6 Å². The van der Waals surface area contributed by atoms with Crippen LogP contribution in [-0.2, 0) is 14.8 Å². The lowest BCUT2D eigenvalue weighted by Crippen LogP contribution is -2.43. The standard InChI is InChI=1S/C23H23N5O4S2/c24-12-15-4-1-8-19(10-15)25-22(29)17-7-3-9-28(13-17)34(30,31)20-11-18(14-33-20)21-26-23(32-27-21)16-5-2-6-16/h1,4,8,10-11,14,16-17H,2-3,5-7,9,13H2,(H,25,29)/t17-/m0/s1. The lowest BCUT2D eigenvalue weighted by molar-refractivity contribution is -0.120. The number of hydrogen-bond donors (Lipinski definition) is 1. The molecule has 0 bridgehead atoms. The molecule has 1 aliphatic heterocycles. The number of carbonyl (C=O) groups is 1. The molecule has 2 aliphatic rings. The number of hydrogen-bond acceptors (Lipinski definition) is 8. The van der Waals surface area contributed by atoms with Crippen LogP contribution in [0, 0.1) is 17.2 Å². The van der Waals surface area contributed by atoms with Crippen LogP contribution in [0.5, 0.6) is 0 Å². The Labute approximate surface area is 201 Å². The van der Waals surface area contributed by atoms with Crippen molar-refractivity contribution in [3.8, 4) is 17.5 Å². The van der Waals surface area contributed by atoms with Gasteiger partial charge in [0, 0.05) is 35.6 Å². The number of sulfonamides is 1. The van der Waals surface area contributed by atoms with Crippen LogP contribution >= 0.6 is 11.3 Å². The molecule has 11 heteroatoms. The quantitative estimate of drug-likeness (QED) is 0.545. The highest BCUT2D eigenvalue weighted by molar-refractivity contribution is 7.91. The number of rotatable bonds is 6. The van der Waals surface area contributed by atoms with Crippen LogP contribution < -0.4 is 5.32 Å². The minimum absolute atomic E-state index is 0.105. The van der Waals surface area contributed by atoms with E-state index in [9.17, 15) is 13.2 Å². The summed E-state index contributed by atoms with van der Waals surface area (Å²) in [7, 11) is -3.76. The van der Waals surface area contributed by atoms with Gasteiger partial charge in [-0.25, -0.2) is 8.42 Å². The molecule has 1 saturated carbocycles. The van der Waals surface area contributed by atoms with Crippen LogP contribution in [0.15, 0.2) is 44.4 Å². The third-order valence-electron chi connectivity index (χ3n) is 6.34. The van der Waals surface area contributed by atoms with Gasteiger partial charge < -0.3 is 9.84 Å². The second-order valence-corrected chi connectivity index (χ2v) is 11.7. The van der Waals surface area contributed by atoms with Crippen molar-refractivity contribution in [3.63, 3.8) is 0 Å². The summed E-state index contributed by atoms with van der Waals surface area (Å²) in [4.78, 5) is 17.3. The van der Waals surface area contributed by atoms with Crippen molar-refractivity contribution >= 4 is 33.0 Å². The summed E-state index contributed by atoms with van der Waals surface area (Å²) in [5.41, 5.74) is 1.58. The molecule has 2 fully saturated rings. The summed E-state index contributed by atoms with van der Waals surface area (Å²) in [6, 6.07) is 10.3. The van der Waals surface area contributed by atoms with E-state index >= 15 is 0 Å². The average Bonchev–Trinajstić information content (AvgIpc) is 3.48. The van der Waals surface area contributed by atoms with Gasteiger partial charge in [0.1, 0.15) is 4.21 Å². The van der Waals surface area contributed by atoms with Crippen molar-refractivity contribution in [2.24, 2.45) is 5.92 Å². The zero-order valence-corrected chi connectivity index (χ0v) is 19.9. The molecule has 1 aromatic carbocycles. The van der Waals surface area contributed by atoms with Gasteiger partial charge in [-0.2, -0.15) is 14.6 Å². The van der Waals surface area contributed by atoms with E-state index in [-0.39, 0.29) is 16.7 Å². The Morgan fingerprint density at radius 3 is 2.85 bits per heavy atom. The van der Waals surface area contributed by atoms with Gasteiger partial charge in [0.05, 0.1) is 17.6 Å². The molecule has 0 radical (unpaired) electrons. The Morgan fingerprint density at radius 1 is 1.24 bits per heavy atom. The van der Waals surface area contributed by atoms with Crippen molar-refractivity contribution in [1.82, 2.24) is 14.4 Å². The molecule has 0 unspecified atom stereocenters. The van der Waals surface area contributed by atoms with Crippen LogP contribution in [0.1, 0.15) is 49.5 Å². The zero-order chi connectivity index (χ0) is 23.7. The maximum atomic E-state index is 13.3. The largest absolute Gasteiger partial charge is 0.339 e. The molecule has 0 spiro atoms. The molecule has 9 nitrogen and oxygen atoms in total. The van der Waals surface area contributed by atoms with Crippen molar-refractivity contribution in [3.05, 3.63) is 47.2 Å². The molecule has 1 amide bonds. The lowest BCUT2D eigenvalue weighted by Gasteiger charge is -2.30. The average molecular weight is 498 g/mol. The number of nitrogens with one attached hydrogen (secondary N) is 1. The SMILES string of the molecule is N#Cc1cccc(NC(=O)[C@H]2CCCN(S(=O)(=O)c3cc(-c4noc(C5CCC5)n4)cs3)C2)c1. The fraction of sp³-hybridized carbons (Fsp3) is 0.391. The van der Waals surface area contributed by atoms with Crippen LogP contribution in [0.4, 0.5) is 5.69 Å². The van der Waals surface area contributed by atoms with E-state index in [1.807, 2.05) is 6.07 Å². The number of nitriles is 1. The molecule has 34 heavy (non-hydrogen) atoms. The second kappa shape index (κ2) is 9.29. The predicted molar refractivity (Wildman–Crippen MR) is 125 cm³/mol. The Balaban J connectivity index is 1.28. The Hall–Kier alpha value is -3.07. The van der Waals surface area contributed by atoms with E-state index in [1.165, 1.54) is 4.31 Å². The van der Waals surface area contributed by atoms with Crippen LogP contribution in [0.2, 0.25) is 0 Å². The first-order chi connectivity index (χ1) is 16.4. The van der Waals surface area contributed by atoms with Gasteiger partial charge in [-0.15, -0.1) is 11.3 Å². The summed E-state index contributed by atoms with van der Waals surface area (Å²) in [6.45, 7) is 0.463.